The number of aliphatic carboxylic acids is 1. The Bertz CT molecular complexity index is 912. The number of carboxylic acids is 1. The van der Waals surface area contributed by atoms with Gasteiger partial charge in [0, 0.05) is 6.20 Å². The molecule has 0 aromatic carbocycles. The van der Waals surface area contributed by atoms with E-state index < -0.39 is 72.9 Å². The zero-order valence-electron chi connectivity index (χ0n) is 17.6. The first-order chi connectivity index (χ1) is 14.8. The number of hydrogen-bond acceptors (Lipinski definition) is 10. The molecule has 0 aliphatic carbocycles. The van der Waals surface area contributed by atoms with Gasteiger partial charge in [0.15, 0.2) is 6.23 Å². The van der Waals surface area contributed by atoms with Crippen LogP contribution < -0.4 is 16.3 Å². The first-order valence-electron chi connectivity index (χ1n) is 9.56. The molecule has 0 saturated carbocycles. The summed E-state index contributed by atoms with van der Waals surface area (Å²) in [7, 11) is 0. The Hall–Kier alpha value is -3.07. The Morgan fingerprint density at radius 1 is 1.28 bits per heavy atom. The van der Waals surface area contributed by atoms with Gasteiger partial charge < -0.3 is 40.5 Å². The molecule has 1 aliphatic heterocycles. The summed E-state index contributed by atoms with van der Waals surface area (Å²) in [6.45, 7) is 4.18. The van der Waals surface area contributed by atoms with E-state index in [1.807, 2.05) is 0 Å². The first-order valence-corrected chi connectivity index (χ1v) is 9.56. The molecule has 0 radical (unpaired) electrons. The van der Waals surface area contributed by atoms with Gasteiger partial charge in [0.05, 0.1) is 13.0 Å². The van der Waals surface area contributed by atoms with E-state index in [0.717, 1.165) is 10.8 Å². The minimum Gasteiger partial charge on any atom is -0.480 e. The molecule has 5 atom stereocenters. The van der Waals surface area contributed by atoms with E-state index in [2.05, 4.69) is 15.6 Å². The SMILES string of the molecule is CC(C)(C)OC(=O)N[C@@H](CC(=O)Nc1ccn([C@@H]2O[C@H](CO)C(O)C2O)c(=O)n1)C(=O)O. The lowest BCUT2D eigenvalue weighted by Gasteiger charge is -2.21. The smallest absolute Gasteiger partial charge is 0.408 e. The number of nitrogens with zero attached hydrogens (tertiary/aromatic N) is 2. The molecule has 14 nitrogen and oxygen atoms in total. The lowest BCUT2D eigenvalue weighted by atomic mass is 10.1. The summed E-state index contributed by atoms with van der Waals surface area (Å²) in [4.78, 5) is 51.2. The second-order valence-corrected chi connectivity index (χ2v) is 8.02. The van der Waals surface area contributed by atoms with E-state index in [9.17, 15) is 34.5 Å². The van der Waals surface area contributed by atoms with Gasteiger partial charge in [-0.3, -0.25) is 9.36 Å². The molecule has 1 saturated heterocycles. The number of ether oxygens (including phenoxy) is 2. The third-order valence-corrected chi connectivity index (χ3v) is 4.27. The molecule has 0 spiro atoms. The van der Waals surface area contributed by atoms with Crippen LogP contribution in [0.4, 0.5) is 10.6 Å². The fourth-order valence-corrected chi connectivity index (χ4v) is 2.81. The topological polar surface area (TPSA) is 210 Å². The summed E-state index contributed by atoms with van der Waals surface area (Å²) in [6, 6.07) is -0.408. The molecule has 2 rings (SSSR count). The number of carboxylic acid groups (broad SMARTS) is 1. The van der Waals surface area contributed by atoms with E-state index in [0.29, 0.717) is 0 Å². The lowest BCUT2D eigenvalue weighted by molar-refractivity contribution is -0.141. The highest BCUT2D eigenvalue weighted by atomic mass is 16.6. The summed E-state index contributed by atoms with van der Waals surface area (Å²) in [6.07, 6.45) is -5.86. The molecule has 6 N–H and O–H groups in total. The number of alkyl carbamates (subject to hydrolysis) is 1. The molecule has 14 heteroatoms. The largest absolute Gasteiger partial charge is 0.480 e. The first kappa shape index (κ1) is 25.2. The monoisotopic (exact) mass is 458 g/mol. The molecule has 32 heavy (non-hydrogen) atoms. The predicted molar refractivity (Wildman–Crippen MR) is 106 cm³/mol. The van der Waals surface area contributed by atoms with Crippen LogP contribution >= 0.6 is 0 Å². The molecule has 0 bridgehead atoms. The molecular formula is C18H26N4O10. The van der Waals surface area contributed by atoms with Crippen molar-refractivity contribution >= 4 is 23.8 Å². The molecule has 1 aliphatic rings. The van der Waals surface area contributed by atoms with Crippen LogP contribution in [-0.2, 0) is 19.1 Å². The molecule has 1 aromatic rings. The number of aromatic nitrogens is 2. The Morgan fingerprint density at radius 2 is 1.94 bits per heavy atom. The zero-order valence-corrected chi connectivity index (χ0v) is 17.6. The van der Waals surface area contributed by atoms with Gasteiger partial charge in [-0.1, -0.05) is 0 Å². The highest BCUT2D eigenvalue weighted by Crippen LogP contribution is 2.28. The maximum absolute atomic E-state index is 12.3. The van der Waals surface area contributed by atoms with Crippen molar-refractivity contribution in [3.05, 3.63) is 22.7 Å². The van der Waals surface area contributed by atoms with Crippen LogP contribution in [-0.4, -0.2) is 84.5 Å². The number of rotatable bonds is 7. The van der Waals surface area contributed by atoms with Gasteiger partial charge in [0.1, 0.15) is 35.8 Å². The van der Waals surface area contributed by atoms with Crippen LogP contribution in [0.2, 0.25) is 0 Å². The van der Waals surface area contributed by atoms with Crippen molar-refractivity contribution < 1.29 is 44.3 Å². The number of amides is 2. The van der Waals surface area contributed by atoms with Crippen molar-refractivity contribution in [1.29, 1.82) is 0 Å². The van der Waals surface area contributed by atoms with Gasteiger partial charge in [-0.15, -0.1) is 0 Å². The van der Waals surface area contributed by atoms with Crippen molar-refractivity contribution in [2.75, 3.05) is 11.9 Å². The fraction of sp³-hybridized carbons (Fsp3) is 0.611. The fourth-order valence-electron chi connectivity index (χ4n) is 2.81. The second kappa shape index (κ2) is 10.0. The Kier molecular flexibility index (Phi) is 7.90. The Balaban J connectivity index is 2.03. The van der Waals surface area contributed by atoms with Crippen LogP contribution in [0.15, 0.2) is 17.1 Å². The Labute approximate surface area is 181 Å². The average molecular weight is 458 g/mol. The summed E-state index contributed by atoms with van der Waals surface area (Å²) in [5.41, 5.74) is -1.81. The summed E-state index contributed by atoms with van der Waals surface area (Å²) in [5.74, 6) is -2.55. The molecule has 1 aromatic heterocycles. The van der Waals surface area contributed by atoms with E-state index >= 15 is 0 Å². The Morgan fingerprint density at radius 3 is 2.44 bits per heavy atom. The van der Waals surface area contributed by atoms with Crippen molar-refractivity contribution in [2.24, 2.45) is 0 Å². The minimum atomic E-state index is -1.59. The van der Waals surface area contributed by atoms with Gasteiger partial charge >= 0.3 is 17.8 Å². The van der Waals surface area contributed by atoms with E-state index in [-0.39, 0.29) is 5.82 Å². The average Bonchev–Trinajstić information content (AvgIpc) is 2.94. The van der Waals surface area contributed by atoms with Crippen LogP contribution in [0.25, 0.3) is 0 Å². The standard InChI is InChI=1S/C18H26N4O10/c1-18(2,3)32-17(30)19-8(15(27)28)6-11(24)20-10-4-5-22(16(29)21-10)14-13(26)12(25)9(7-23)31-14/h4-5,8-9,12-14,23,25-26H,6-7H2,1-3H3,(H,19,30)(H,27,28)(H,20,21,24,29)/t8-,9+,12?,13?,14+/m0/s1. The van der Waals surface area contributed by atoms with Gasteiger partial charge in [0.25, 0.3) is 0 Å². The van der Waals surface area contributed by atoms with Crippen LogP contribution in [0.5, 0.6) is 0 Å². The number of anilines is 1. The van der Waals surface area contributed by atoms with Gasteiger partial charge in [-0.25, -0.2) is 14.4 Å². The summed E-state index contributed by atoms with van der Waals surface area (Å²) >= 11 is 0. The van der Waals surface area contributed by atoms with E-state index in [1.54, 1.807) is 20.8 Å². The molecular weight excluding hydrogens is 432 g/mol. The van der Waals surface area contributed by atoms with Crippen LogP contribution in [0, 0.1) is 0 Å². The normalized spacial score (nSPS) is 23.9. The third-order valence-electron chi connectivity index (χ3n) is 4.27. The van der Waals surface area contributed by atoms with Gasteiger partial charge in [0.2, 0.25) is 5.91 Å². The molecule has 178 valence electrons. The number of hydrogen-bond donors (Lipinski definition) is 6. The zero-order chi connectivity index (χ0) is 24.2. The predicted octanol–water partition coefficient (Wildman–Crippen LogP) is -1.84. The number of carbonyl (C=O) groups excluding carboxylic acids is 2. The lowest BCUT2D eigenvalue weighted by Crippen LogP contribution is -2.45. The maximum atomic E-state index is 12.3. The molecule has 2 unspecified atom stereocenters. The van der Waals surface area contributed by atoms with Crippen molar-refractivity contribution in [3.63, 3.8) is 0 Å². The number of nitrogens with one attached hydrogen (secondary N) is 2. The third kappa shape index (κ3) is 6.46. The van der Waals surface area contributed by atoms with Gasteiger partial charge in [-0.05, 0) is 26.8 Å². The molecule has 2 amide bonds. The van der Waals surface area contributed by atoms with Crippen molar-refractivity contribution in [2.45, 2.75) is 63.4 Å². The number of carbonyl (C=O) groups is 3. The molecule has 1 fully saturated rings. The quantitative estimate of drug-likeness (QED) is 0.267. The number of aliphatic hydroxyl groups excluding tert-OH is 3. The number of aliphatic hydroxyl groups is 3. The van der Waals surface area contributed by atoms with Crippen LogP contribution in [0.3, 0.4) is 0 Å². The molecule has 2 heterocycles. The van der Waals surface area contributed by atoms with Crippen LogP contribution in [0.1, 0.15) is 33.4 Å². The highest BCUT2D eigenvalue weighted by Gasteiger charge is 2.43. The second-order valence-electron chi connectivity index (χ2n) is 8.02. The highest BCUT2D eigenvalue weighted by molar-refractivity contribution is 5.94. The van der Waals surface area contributed by atoms with E-state index in [4.69, 9.17) is 14.6 Å². The van der Waals surface area contributed by atoms with Crippen molar-refractivity contribution in [1.82, 2.24) is 14.9 Å². The van der Waals surface area contributed by atoms with Gasteiger partial charge in [-0.2, -0.15) is 4.98 Å². The van der Waals surface area contributed by atoms with Crippen molar-refractivity contribution in [3.8, 4) is 0 Å². The summed E-state index contributed by atoms with van der Waals surface area (Å²) in [5, 5.41) is 42.5. The minimum absolute atomic E-state index is 0.218. The summed E-state index contributed by atoms with van der Waals surface area (Å²) < 4.78 is 11.1. The van der Waals surface area contributed by atoms with E-state index in [1.165, 1.54) is 6.07 Å². The maximum Gasteiger partial charge on any atom is 0.408 e.